The lowest BCUT2D eigenvalue weighted by Gasteiger charge is -2.42. The van der Waals surface area contributed by atoms with Gasteiger partial charge in [0.25, 0.3) is 0 Å². The Balaban J connectivity index is 1.98. The number of aromatic hydroxyl groups is 1. The number of nitrogens with zero attached hydrogens (tertiary/aromatic N) is 1. The molecule has 0 radical (unpaired) electrons. The Labute approximate surface area is 173 Å². The fraction of sp³-hybridized carbons (Fsp3) is 0.391. The summed E-state index contributed by atoms with van der Waals surface area (Å²) in [6.45, 7) is 4.30. The minimum Gasteiger partial charge on any atom is -0.508 e. The van der Waals surface area contributed by atoms with Gasteiger partial charge in [0, 0.05) is 17.8 Å². The highest BCUT2D eigenvalue weighted by Crippen LogP contribution is 2.45. The molecule has 0 spiro atoms. The first-order valence-corrected chi connectivity index (χ1v) is 9.62. The lowest BCUT2D eigenvalue weighted by atomic mass is 9.74. The molecule has 7 heteroatoms. The van der Waals surface area contributed by atoms with Crippen LogP contribution >= 0.6 is 0 Å². The van der Waals surface area contributed by atoms with E-state index in [1.165, 1.54) is 18.7 Å². The number of hydrogen-bond donors (Lipinski definition) is 2. The molecule has 3 rings (SSSR count). The van der Waals surface area contributed by atoms with Gasteiger partial charge in [0.15, 0.2) is 5.60 Å². The van der Waals surface area contributed by atoms with E-state index in [4.69, 9.17) is 0 Å². The van der Waals surface area contributed by atoms with Crippen LogP contribution in [0.4, 0.5) is 23.2 Å². The Bertz CT molecular complexity index is 968. The second-order valence-electron chi connectivity index (χ2n) is 8.66. The number of halogens is 4. The summed E-state index contributed by atoms with van der Waals surface area (Å²) >= 11 is 0. The first-order chi connectivity index (χ1) is 13.8. The van der Waals surface area contributed by atoms with Gasteiger partial charge >= 0.3 is 6.18 Å². The maximum Gasteiger partial charge on any atom is 0.418 e. The molecule has 0 saturated heterocycles. The fourth-order valence-electron chi connectivity index (χ4n) is 4.17. The van der Waals surface area contributed by atoms with Crippen LogP contribution in [0.5, 0.6) is 5.75 Å². The molecule has 1 unspecified atom stereocenters. The Kier molecular flexibility index (Phi) is 5.62. The molecule has 1 aliphatic heterocycles. The maximum atomic E-state index is 14.1. The SMILES string of the molecule is CC1=Cc2ccccc2N(CC(O)(CC(C)(C)c2cc(F)ccc2O)C(F)(F)F)C1. The zero-order valence-corrected chi connectivity index (χ0v) is 17.1. The highest BCUT2D eigenvalue weighted by atomic mass is 19.4. The number of para-hydroxylation sites is 1. The Morgan fingerprint density at radius 2 is 1.73 bits per heavy atom. The molecule has 2 N–H and O–H groups in total. The average molecular weight is 423 g/mol. The third kappa shape index (κ3) is 4.31. The molecule has 2 aromatic rings. The molecule has 0 bridgehead atoms. The Morgan fingerprint density at radius 3 is 2.40 bits per heavy atom. The monoisotopic (exact) mass is 423 g/mol. The van der Waals surface area contributed by atoms with Crippen LogP contribution in [0.2, 0.25) is 0 Å². The van der Waals surface area contributed by atoms with Gasteiger partial charge in [-0.05, 0) is 48.6 Å². The minimum atomic E-state index is -4.93. The van der Waals surface area contributed by atoms with E-state index < -0.39 is 36.0 Å². The number of hydrogen-bond acceptors (Lipinski definition) is 3. The van der Waals surface area contributed by atoms with Crippen molar-refractivity contribution in [3.63, 3.8) is 0 Å². The molecule has 0 aromatic heterocycles. The van der Waals surface area contributed by atoms with Crippen molar-refractivity contribution in [1.29, 1.82) is 0 Å². The molecule has 3 nitrogen and oxygen atoms in total. The van der Waals surface area contributed by atoms with Crippen LogP contribution in [-0.4, -0.2) is 35.1 Å². The number of rotatable bonds is 5. The summed E-state index contributed by atoms with van der Waals surface area (Å²) in [5, 5.41) is 21.0. The summed E-state index contributed by atoms with van der Waals surface area (Å²) < 4.78 is 56.1. The van der Waals surface area contributed by atoms with Crippen molar-refractivity contribution in [2.45, 2.75) is 44.4 Å². The van der Waals surface area contributed by atoms with Crippen molar-refractivity contribution in [2.75, 3.05) is 18.0 Å². The predicted molar refractivity (Wildman–Crippen MR) is 109 cm³/mol. The van der Waals surface area contributed by atoms with E-state index in [0.717, 1.165) is 29.3 Å². The lowest BCUT2D eigenvalue weighted by Crippen LogP contribution is -2.57. The number of alkyl halides is 3. The van der Waals surface area contributed by atoms with Crippen molar-refractivity contribution in [2.24, 2.45) is 0 Å². The predicted octanol–water partition coefficient (Wildman–Crippen LogP) is 5.42. The summed E-state index contributed by atoms with van der Waals surface area (Å²) in [6, 6.07) is 10.2. The van der Waals surface area contributed by atoms with Crippen LogP contribution in [0.25, 0.3) is 6.08 Å². The van der Waals surface area contributed by atoms with E-state index in [9.17, 15) is 27.8 Å². The average Bonchev–Trinajstić information content (AvgIpc) is 2.62. The summed E-state index contributed by atoms with van der Waals surface area (Å²) in [5.74, 6) is -0.981. The molecule has 0 fully saturated rings. The van der Waals surface area contributed by atoms with Gasteiger partial charge in [-0.2, -0.15) is 13.2 Å². The van der Waals surface area contributed by atoms with Crippen LogP contribution in [0, 0.1) is 5.82 Å². The third-order valence-corrected chi connectivity index (χ3v) is 5.52. The maximum absolute atomic E-state index is 14.1. The summed E-state index contributed by atoms with van der Waals surface area (Å²) in [6.07, 6.45) is -3.77. The molecule has 0 amide bonds. The normalized spacial score (nSPS) is 16.7. The standard InChI is InChI=1S/C23H25F4NO2/c1-15-10-16-6-4-5-7-19(16)28(12-15)14-22(30,23(25,26)27)13-21(2,3)18-11-17(24)8-9-20(18)29/h4-11,29-30H,12-14H2,1-3H3. The molecule has 1 atom stereocenters. The van der Waals surface area contributed by atoms with Crippen LogP contribution in [-0.2, 0) is 5.41 Å². The van der Waals surface area contributed by atoms with Crippen molar-refractivity contribution in [1.82, 2.24) is 0 Å². The summed E-state index contributed by atoms with van der Waals surface area (Å²) in [7, 11) is 0. The van der Waals surface area contributed by atoms with E-state index in [2.05, 4.69) is 0 Å². The van der Waals surface area contributed by atoms with Crippen LogP contribution < -0.4 is 4.90 Å². The number of β-amino-alcohol motifs (C(OH)–C–C–N with tert-alkyl or cyclic N) is 1. The largest absolute Gasteiger partial charge is 0.508 e. The lowest BCUT2D eigenvalue weighted by molar-refractivity contribution is -0.262. The van der Waals surface area contributed by atoms with Gasteiger partial charge in [0.05, 0.1) is 6.54 Å². The molecule has 0 saturated carbocycles. The molecular weight excluding hydrogens is 398 g/mol. The number of anilines is 1. The molecule has 2 aromatic carbocycles. The zero-order chi connectivity index (χ0) is 22.3. The van der Waals surface area contributed by atoms with Crippen molar-refractivity contribution in [3.8, 4) is 5.75 Å². The van der Waals surface area contributed by atoms with Crippen molar-refractivity contribution in [3.05, 3.63) is 65.0 Å². The van der Waals surface area contributed by atoms with Gasteiger partial charge in [-0.15, -0.1) is 0 Å². The van der Waals surface area contributed by atoms with Gasteiger partial charge in [-0.1, -0.05) is 43.7 Å². The quantitative estimate of drug-likeness (QED) is 0.632. The van der Waals surface area contributed by atoms with Gasteiger partial charge in [-0.25, -0.2) is 4.39 Å². The van der Waals surface area contributed by atoms with Gasteiger partial charge in [-0.3, -0.25) is 0 Å². The molecule has 1 aliphatic rings. The second-order valence-corrected chi connectivity index (χ2v) is 8.66. The van der Waals surface area contributed by atoms with Gasteiger partial charge < -0.3 is 15.1 Å². The highest BCUT2D eigenvalue weighted by Gasteiger charge is 2.57. The number of aliphatic hydroxyl groups is 1. The van der Waals surface area contributed by atoms with Crippen molar-refractivity contribution < 1.29 is 27.8 Å². The van der Waals surface area contributed by atoms with Gasteiger partial charge in [0.1, 0.15) is 11.6 Å². The second kappa shape index (κ2) is 7.61. The number of fused-ring (bicyclic) bond motifs is 1. The van der Waals surface area contributed by atoms with Crippen molar-refractivity contribution >= 4 is 11.8 Å². The number of benzene rings is 2. The smallest absolute Gasteiger partial charge is 0.418 e. The van der Waals surface area contributed by atoms with Crippen LogP contribution in [0.15, 0.2) is 48.0 Å². The molecule has 30 heavy (non-hydrogen) atoms. The third-order valence-electron chi connectivity index (χ3n) is 5.52. The Morgan fingerprint density at radius 1 is 1.07 bits per heavy atom. The fourth-order valence-corrected chi connectivity index (χ4v) is 4.17. The van der Waals surface area contributed by atoms with E-state index in [1.807, 2.05) is 19.1 Å². The highest BCUT2D eigenvalue weighted by molar-refractivity contribution is 5.73. The topological polar surface area (TPSA) is 43.7 Å². The van der Waals surface area contributed by atoms with E-state index in [-0.39, 0.29) is 17.9 Å². The summed E-state index contributed by atoms with van der Waals surface area (Å²) in [4.78, 5) is 1.51. The van der Waals surface area contributed by atoms with E-state index >= 15 is 0 Å². The number of phenols is 1. The zero-order valence-electron chi connectivity index (χ0n) is 17.1. The first kappa shape index (κ1) is 22.2. The molecule has 162 valence electrons. The number of phenolic OH excluding ortho intramolecular Hbond substituents is 1. The Hall–Kier alpha value is -2.54. The molecular formula is C23H25F4NO2. The minimum absolute atomic E-state index is 0.0142. The van der Waals surface area contributed by atoms with Crippen LogP contribution in [0.1, 0.15) is 38.3 Å². The first-order valence-electron chi connectivity index (χ1n) is 9.62. The van der Waals surface area contributed by atoms with Gasteiger partial charge in [0.2, 0.25) is 0 Å². The molecule has 0 aliphatic carbocycles. The van der Waals surface area contributed by atoms with E-state index in [1.54, 1.807) is 18.2 Å². The van der Waals surface area contributed by atoms with E-state index in [0.29, 0.717) is 5.69 Å². The summed E-state index contributed by atoms with van der Waals surface area (Å²) in [5.41, 5.74) is -2.15. The molecule has 1 heterocycles. The van der Waals surface area contributed by atoms with Crippen LogP contribution in [0.3, 0.4) is 0 Å².